The highest BCUT2D eigenvalue weighted by atomic mass is 32.2. The van der Waals surface area contributed by atoms with E-state index in [0.29, 0.717) is 11.8 Å². The highest BCUT2D eigenvalue weighted by Crippen LogP contribution is 2.21. The summed E-state index contributed by atoms with van der Waals surface area (Å²) < 4.78 is 0. The van der Waals surface area contributed by atoms with Gasteiger partial charge in [-0.25, -0.2) is 0 Å². The molecule has 0 saturated heterocycles. The monoisotopic (exact) mass is 229 g/mol. The molecule has 0 aromatic carbocycles. The average Bonchev–Trinajstić information content (AvgIpc) is 2.61. The van der Waals surface area contributed by atoms with E-state index in [2.05, 4.69) is 22.5 Å². The van der Waals surface area contributed by atoms with Crippen molar-refractivity contribution in [1.29, 1.82) is 0 Å². The largest absolute Gasteiger partial charge is 0.356 e. The number of aliphatic imine (C=N–C) groups is 1. The van der Waals surface area contributed by atoms with E-state index in [1.807, 2.05) is 13.8 Å². The number of hydrogen-bond acceptors (Lipinski definition) is 4. The molecule has 0 saturated carbocycles. The Morgan fingerprint density at radius 3 is 2.93 bits per heavy atom. The Balaban J connectivity index is 2.18. The molecule has 1 unspecified atom stereocenters. The second kappa shape index (κ2) is 6.00. The predicted molar refractivity (Wildman–Crippen MR) is 65.3 cm³/mol. The van der Waals surface area contributed by atoms with Gasteiger partial charge in [-0.3, -0.25) is 9.79 Å². The van der Waals surface area contributed by atoms with Crippen LogP contribution < -0.4 is 10.6 Å². The Morgan fingerprint density at radius 2 is 2.40 bits per heavy atom. The van der Waals surface area contributed by atoms with E-state index >= 15 is 0 Å². The molecule has 0 aliphatic carbocycles. The molecule has 0 radical (unpaired) electrons. The minimum Gasteiger partial charge on any atom is -0.356 e. The number of carbonyl (C=O) groups is 1. The van der Waals surface area contributed by atoms with Gasteiger partial charge in [0.25, 0.3) is 0 Å². The van der Waals surface area contributed by atoms with Gasteiger partial charge in [-0.15, -0.1) is 0 Å². The van der Waals surface area contributed by atoms with Crippen molar-refractivity contribution in [2.75, 3.05) is 13.1 Å². The lowest BCUT2D eigenvalue weighted by atomic mass is 10.3. The zero-order valence-electron chi connectivity index (χ0n) is 9.54. The number of amidine groups is 1. The lowest BCUT2D eigenvalue weighted by Gasteiger charge is -2.09. The van der Waals surface area contributed by atoms with Crippen molar-refractivity contribution >= 4 is 22.8 Å². The van der Waals surface area contributed by atoms with Crippen LogP contribution in [0.3, 0.4) is 0 Å². The predicted octanol–water partition coefficient (Wildman–Crippen LogP) is 0.982. The van der Waals surface area contributed by atoms with Gasteiger partial charge in [0.15, 0.2) is 5.17 Å². The number of nitrogens with zero attached hydrogens (tertiary/aromatic N) is 1. The second-order valence-electron chi connectivity index (χ2n) is 3.87. The molecule has 15 heavy (non-hydrogen) atoms. The standard InChI is InChI=1S/C10H19N3OS/c1-4-8-5-11-10(15-8)12-6-9(14)13-7(2)3/h7-8H,4-6H2,1-3H3,(H,11,12)(H,13,14). The highest BCUT2D eigenvalue weighted by Gasteiger charge is 2.17. The molecular weight excluding hydrogens is 210 g/mol. The Hall–Kier alpha value is -0.710. The fraction of sp³-hybridized carbons (Fsp3) is 0.800. The molecule has 1 rings (SSSR count). The van der Waals surface area contributed by atoms with Crippen LogP contribution in [-0.4, -0.2) is 35.5 Å². The van der Waals surface area contributed by atoms with Crippen LogP contribution in [-0.2, 0) is 4.79 Å². The van der Waals surface area contributed by atoms with Crippen LogP contribution in [0.2, 0.25) is 0 Å². The molecule has 0 bridgehead atoms. The topological polar surface area (TPSA) is 53.5 Å². The Morgan fingerprint density at radius 1 is 1.67 bits per heavy atom. The number of carbonyl (C=O) groups excluding carboxylic acids is 1. The SMILES string of the molecule is CCC1CN=C(NCC(=O)NC(C)C)S1. The average molecular weight is 229 g/mol. The van der Waals surface area contributed by atoms with Crippen molar-refractivity contribution in [3.05, 3.63) is 0 Å². The van der Waals surface area contributed by atoms with Crippen molar-refractivity contribution in [2.45, 2.75) is 38.5 Å². The van der Waals surface area contributed by atoms with E-state index in [4.69, 9.17) is 0 Å². The quantitative estimate of drug-likeness (QED) is 0.755. The Labute approximate surface area is 95.3 Å². The van der Waals surface area contributed by atoms with E-state index in [9.17, 15) is 4.79 Å². The van der Waals surface area contributed by atoms with Crippen molar-refractivity contribution in [2.24, 2.45) is 4.99 Å². The summed E-state index contributed by atoms with van der Waals surface area (Å²) in [5, 5.41) is 7.37. The van der Waals surface area contributed by atoms with E-state index in [1.54, 1.807) is 11.8 Å². The van der Waals surface area contributed by atoms with E-state index in [1.165, 1.54) is 0 Å². The van der Waals surface area contributed by atoms with Crippen LogP contribution in [0.5, 0.6) is 0 Å². The Kier molecular flexibility index (Phi) is 4.94. The van der Waals surface area contributed by atoms with Gasteiger partial charge < -0.3 is 10.6 Å². The molecule has 1 amide bonds. The van der Waals surface area contributed by atoms with E-state index < -0.39 is 0 Å². The minimum absolute atomic E-state index is 0.0215. The first kappa shape index (κ1) is 12.4. The first-order valence-electron chi connectivity index (χ1n) is 5.36. The van der Waals surface area contributed by atoms with Crippen molar-refractivity contribution in [1.82, 2.24) is 10.6 Å². The fourth-order valence-corrected chi connectivity index (χ4v) is 2.19. The summed E-state index contributed by atoms with van der Waals surface area (Å²) in [4.78, 5) is 15.7. The maximum atomic E-state index is 11.3. The van der Waals surface area contributed by atoms with Gasteiger partial charge in [0.2, 0.25) is 5.91 Å². The summed E-state index contributed by atoms with van der Waals surface area (Å²) in [5.41, 5.74) is 0. The molecule has 1 aliphatic rings. The van der Waals surface area contributed by atoms with Crippen LogP contribution in [0.4, 0.5) is 0 Å². The molecule has 1 heterocycles. The van der Waals surface area contributed by atoms with Crippen molar-refractivity contribution < 1.29 is 4.79 Å². The number of rotatable bonds is 4. The molecule has 0 aromatic rings. The van der Waals surface area contributed by atoms with Crippen molar-refractivity contribution in [3.63, 3.8) is 0 Å². The molecule has 1 aliphatic heterocycles. The number of amides is 1. The van der Waals surface area contributed by atoms with Gasteiger partial charge in [-0.2, -0.15) is 0 Å². The number of hydrogen-bond donors (Lipinski definition) is 2. The third-order valence-electron chi connectivity index (χ3n) is 2.02. The van der Waals surface area contributed by atoms with Gasteiger partial charge in [-0.05, 0) is 20.3 Å². The Bertz CT molecular complexity index is 253. The molecule has 86 valence electrons. The normalized spacial score (nSPS) is 20.3. The summed E-state index contributed by atoms with van der Waals surface area (Å²) in [6, 6.07) is 0.195. The zero-order valence-corrected chi connectivity index (χ0v) is 10.4. The van der Waals surface area contributed by atoms with E-state index in [-0.39, 0.29) is 11.9 Å². The first-order valence-corrected chi connectivity index (χ1v) is 6.24. The molecule has 0 aromatic heterocycles. The summed E-state index contributed by atoms with van der Waals surface area (Å²) in [6.45, 7) is 7.25. The summed E-state index contributed by atoms with van der Waals surface area (Å²) in [5.74, 6) is 0.0215. The molecule has 2 N–H and O–H groups in total. The fourth-order valence-electron chi connectivity index (χ4n) is 1.26. The maximum Gasteiger partial charge on any atom is 0.239 e. The molecule has 4 nitrogen and oxygen atoms in total. The van der Waals surface area contributed by atoms with Gasteiger partial charge >= 0.3 is 0 Å². The molecule has 5 heteroatoms. The van der Waals surface area contributed by atoms with Gasteiger partial charge in [0.1, 0.15) is 0 Å². The molecule has 0 fully saturated rings. The number of thioether (sulfide) groups is 1. The van der Waals surface area contributed by atoms with Gasteiger partial charge in [0.05, 0.1) is 13.1 Å². The summed E-state index contributed by atoms with van der Waals surface area (Å²) in [6.07, 6.45) is 1.12. The lowest BCUT2D eigenvalue weighted by molar-refractivity contribution is -0.120. The minimum atomic E-state index is 0.0215. The smallest absolute Gasteiger partial charge is 0.239 e. The van der Waals surface area contributed by atoms with Gasteiger partial charge in [-0.1, -0.05) is 18.7 Å². The van der Waals surface area contributed by atoms with Crippen LogP contribution in [0.25, 0.3) is 0 Å². The number of nitrogens with one attached hydrogen (secondary N) is 2. The van der Waals surface area contributed by atoms with Crippen LogP contribution in [0, 0.1) is 0 Å². The zero-order chi connectivity index (χ0) is 11.3. The third kappa shape index (κ3) is 4.55. The molecule has 0 spiro atoms. The second-order valence-corrected chi connectivity index (χ2v) is 5.16. The lowest BCUT2D eigenvalue weighted by Crippen LogP contribution is -2.38. The first-order chi connectivity index (χ1) is 7.11. The third-order valence-corrected chi connectivity index (χ3v) is 3.33. The van der Waals surface area contributed by atoms with Crippen molar-refractivity contribution in [3.8, 4) is 0 Å². The van der Waals surface area contributed by atoms with E-state index in [0.717, 1.165) is 18.1 Å². The highest BCUT2D eigenvalue weighted by molar-refractivity contribution is 8.14. The summed E-state index contributed by atoms with van der Waals surface area (Å²) in [7, 11) is 0. The molecular formula is C10H19N3OS. The van der Waals surface area contributed by atoms with Crippen LogP contribution in [0.15, 0.2) is 4.99 Å². The molecule has 1 atom stereocenters. The van der Waals surface area contributed by atoms with Crippen LogP contribution in [0.1, 0.15) is 27.2 Å². The van der Waals surface area contributed by atoms with Crippen LogP contribution >= 0.6 is 11.8 Å². The maximum absolute atomic E-state index is 11.3. The summed E-state index contributed by atoms with van der Waals surface area (Å²) >= 11 is 1.73. The van der Waals surface area contributed by atoms with Gasteiger partial charge in [0, 0.05) is 11.3 Å².